The van der Waals surface area contributed by atoms with Crippen molar-refractivity contribution in [2.75, 3.05) is 20.1 Å². The molecule has 1 amide bonds. The minimum Gasteiger partial charge on any atom is -0.342 e. The molecule has 0 aromatic carbocycles. The van der Waals surface area contributed by atoms with Gasteiger partial charge >= 0.3 is 0 Å². The molecule has 3 nitrogen and oxygen atoms in total. The van der Waals surface area contributed by atoms with Crippen molar-refractivity contribution in [3.05, 3.63) is 0 Å². The molecule has 0 aliphatic rings. The first-order chi connectivity index (χ1) is 6.17. The average molecular weight is 186 g/mol. The summed E-state index contributed by atoms with van der Waals surface area (Å²) < 4.78 is 0. The van der Waals surface area contributed by atoms with E-state index in [-0.39, 0.29) is 5.91 Å². The Bertz CT molecular complexity index is 144. The van der Waals surface area contributed by atoms with Crippen LogP contribution in [0.2, 0.25) is 0 Å². The fourth-order valence-electron chi connectivity index (χ4n) is 1.40. The number of nitrogens with zero attached hydrogens (tertiary/aromatic N) is 1. The highest BCUT2D eigenvalue weighted by molar-refractivity contribution is 5.78. The number of nitrogens with one attached hydrogen (secondary N) is 1. The fourth-order valence-corrected chi connectivity index (χ4v) is 1.40. The summed E-state index contributed by atoms with van der Waals surface area (Å²) in [7, 11) is 1.89. The molecule has 0 spiro atoms. The standard InChI is InChI=1S/C10H22N2O/c1-5-9(6-2)12(4)10(13)8-11-7-3/h9,11H,5-8H2,1-4H3. The van der Waals surface area contributed by atoms with Crippen LogP contribution in [0.15, 0.2) is 0 Å². The zero-order chi connectivity index (χ0) is 10.3. The van der Waals surface area contributed by atoms with Gasteiger partial charge in [-0.1, -0.05) is 20.8 Å². The summed E-state index contributed by atoms with van der Waals surface area (Å²) in [6.45, 7) is 7.55. The lowest BCUT2D eigenvalue weighted by molar-refractivity contribution is -0.131. The Morgan fingerprint density at radius 2 is 1.85 bits per heavy atom. The van der Waals surface area contributed by atoms with Gasteiger partial charge in [-0.2, -0.15) is 0 Å². The number of hydrogen-bond donors (Lipinski definition) is 1. The monoisotopic (exact) mass is 186 g/mol. The second-order valence-corrected chi connectivity index (χ2v) is 3.26. The molecule has 1 N–H and O–H groups in total. The van der Waals surface area contributed by atoms with Gasteiger partial charge in [-0.15, -0.1) is 0 Å². The number of amides is 1. The summed E-state index contributed by atoms with van der Waals surface area (Å²) in [4.78, 5) is 13.4. The van der Waals surface area contributed by atoms with Crippen LogP contribution in [0.25, 0.3) is 0 Å². The highest BCUT2D eigenvalue weighted by Gasteiger charge is 2.15. The molecule has 0 aliphatic carbocycles. The third kappa shape index (κ3) is 4.27. The Labute approximate surface area is 81.5 Å². The van der Waals surface area contributed by atoms with E-state index in [0.717, 1.165) is 19.4 Å². The quantitative estimate of drug-likeness (QED) is 0.677. The van der Waals surface area contributed by atoms with Crippen molar-refractivity contribution in [3.8, 4) is 0 Å². The van der Waals surface area contributed by atoms with Crippen LogP contribution in [-0.4, -0.2) is 37.0 Å². The van der Waals surface area contributed by atoms with E-state index in [1.807, 2.05) is 18.9 Å². The molecular weight excluding hydrogens is 164 g/mol. The second kappa shape index (κ2) is 6.89. The van der Waals surface area contributed by atoms with Gasteiger partial charge in [0.2, 0.25) is 5.91 Å². The predicted molar refractivity (Wildman–Crippen MR) is 55.7 cm³/mol. The normalized spacial score (nSPS) is 10.5. The summed E-state index contributed by atoms with van der Waals surface area (Å²) in [6.07, 6.45) is 2.07. The van der Waals surface area contributed by atoms with Crippen molar-refractivity contribution in [3.63, 3.8) is 0 Å². The van der Waals surface area contributed by atoms with E-state index in [1.165, 1.54) is 0 Å². The first-order valence-corrected chi connectivity index (χ1v) is 5.13. The van der Waals surface area contributed by atoms with Gasteiger partial charge in [0.05, 0.1) is 6.54 Å². The molecule has 0 aliphatic heterocycles. The number of likely N-dealkylation sites (N-methyl/N-ethyl adjacent to an activating group) is 2. The van der Waals surface area contributed by atoms with Crippen LogP contribution in [0.4, 0.5) is 0 Å². The fraction of sp³-hybridized carbons (Fsp3) is 0.900. The predicted octanol–water partition coefficient (Wildman–Crippen LogP) is 1.24. The SMILES string of the molecule is CCNCC(=O)N(C)C(CC)CC. The molecule has 0 atom stereocenters. The highest BCUT2D eigenvalue weighted by atomic mass is 16.2. The van der Waals surface area contributed by atoms with Crippen LogP contribution in [0, 0.1) is 0 Å². The summed E-state index contributed by atoms with van der Waals surface area (Å²) >= 11 is 0. The zero-order valence-corrected chi connectivity index (χ0v) is 9.26. The van der Waals surface area contributed by atoms with Gasteiger partial charge in [0.1, 0.15) is 0 Å². The van der Waals surface area contributed by atoms with Gasteiger partial charge in [-0.25, -0.2) is 0 Å². The molecule has 0 aromatic heterocycles. The second-order valence-electron chi connectivity index (χ2n) is 3.26. The number of rotatable bonds is 6. The van der Waals surface area contributed by atoms with Crippen LogP contribution < -0.4 is 5.32 Å². The Hall–Kier alpha value is -0.570. The number of carbonyl (C=O) groups excluding carboxylic acids is 1. The molecule has 0 radical (unpaired) electrons. The Morgan fingerprint density at radius 1 is 1.31 bits per heavy atom. The molecule has 0 heterocycles. The van der Waals surface area contributed by atoms with E-state index < -0.39 is 0 Å². The van der Waals surface area contributed by atoms with Gasteiger partial charge in [-0.05, 0) is 19.4 Å². The molecule has 0 saturated heterocycles. The van der Waals surface area contributed by atoms with Crippen molar-refractivity contribution < 1.29 is 4.79 Å². The lowest BCUT2D eigenvalue weighted by Crippen LogP contribution is -2.41. The molecule has 0 rings (SSSR count). The molecule has 0 aromatic rings. The van der Waals surface area contributed by atoms with E-state index in [9.17, 15) is 4.79 Å². The van der Waals surface area contributed by atoms with Gasteiger partial charge in [0, 0.05) is 13.1 Å². The Balaban J connectivity index is 3.91. The first kappa shape index (κ1) is 12.4. The first-order valence-electron chi connectivity index (χ1n) is 5.13. The highest BCUT2D eigenvalue weighted by Crippen LogP contribution is 2.05. The molecule has 13 heavy (non-hydrogen) atoms. The van der Waals surface area contributed by atoms with E-state index in [0.29, 0.717) is 12.6 Å². The van der Waals surface area contributed by atoms with Gasteiger partial charge in [0.15, 0.2) is 0 Å². The summed E-state index contributed by atoms with van der Waals surface area (Å²) in [5, 5.41) is 3.04. The van der Waals surface area contributed by atoms with Crippen molar-refractivity contribution in [1.82, 2.24) is 10.2 Å². The van der Waals surface area contributed by atoms with Crippen LogP contribution in [0.5, 0.6) is 0 Å². The van der Waals surface area contributed by atoms with Crippen molar-refractivity contribution in [1.29, 1.82) is 0 Å². The largest absolute Gasteiger partial charge is 0.342 e. The topological polar surface area (TPSA) is 32.3 Å². The van der Waals surface area contributed by atoms with Crippen LogP contribution in [0.1, 0.15) is 33.6 Å². The molecule has 0 unspecified atom stereocenters. The average Bonchev–Trinajstić information content (AvgIpc) is 2.15. The third-order valence-electron chi connectivity index (χ3n) is 2.41. The maximum absolute atomic E-state index is 11.5. The van der Waals surface area contributed by atoms with Gasteiger partial charge in [0.25, 0.3) is 0 Å². The summed E-state index contributed by atoms with van der Waals surface area (Å²) in [5.41, 5.74) is 0. The summed E-state index contributed by atoms with van der Waals surface area (Å²) in [6, 6.07) is 0.395. The van der Waals surface area contributed by atoms with E-state index in [2.05, 4.69) is 19.2 Å². The van der Waals surface area contributed by atoms with Crippen molar-refractivity contribution >= 4 is 5.91 Å². The lowest BCUT2D eigenvalue weighted by Gasteiger charge is -2.26. The Kier molecular flexibility index (Phi) is 6.59. The number of carbonyl (C=O) groups is 1. The minimum atomic E-state index is 0.190. The van der Waals surface area contributed by atoms with E-state index in [4.69, 9.17) is 0 Å². The maximum atomic E-state index is 11.5. The van der Waals surface area contributed by atoms with Crippen LogP contribution in [0.3, 0.4) is 0 Å². The van der Waals surface area contributed by atoms with Crippen LogP contribution >= 0.6 is 0 Å². The van der Waals surface area contributed by atoms with Gasteiger partial charge < -0.3 is 10.2 Å². The molecule has 3 heteroatoms. The van der Waals surface area contributed by atoms with Crippen molar-refractivity contribution in [2.24, 2.45) is 0 Å². The molecule has 0 fully saturated rings. The minimum absolute atomic E-state index is 0.190. The van der Waals surface area contributed by atoms with E-state index in [1.54, 1.807) is 0 Å². The molecule has 0 saturated carbocycles. The zero-order valence-electron chi connectivity index (χ0n) is 9.26. The summed E-state index contributed by atoms with van der Waals surface area (Å²) in [5.74, 6) is 0.190. The Morgan fingerprint density at radius 3 is 2.23 bits per heavy atom. The number of hydrogen-bond acceptors (Lipinski definition) is 2. The smallest absolute Gasteiger partial charge is 0.236 e. The maximum Gasteiger partial charge on any atom is 0.236 e. The molecule has 0 bridgehead atoms. The molecular formula is C10H22N2O. The van der Waals surface area contributed by atoms with Crippen LogP contribution in [-0.2, 0) is 4.79 Å². The van der Waals surface area contributed by atoms with E-state index >= 15 is 0 Å². The van der Waals surface area contributed by atoms with Gasteiger partial charge in [-0.3, -0.25) is 4.79 Å². The third-order valence-corrected chi connectivity index (χ3v) is 2.41. The molecule has 78 valence electrons. The lowest BCUT2D eigenvalue weighted by atomic mass is 10.1. The van der Waals surface area contributed by atoms with Crippen molar-refractivity contribution in [2.45, 2.75) is 39.7 Å².